The van der Waals surface area contributed by atoms with E-state index in [1.54, 1.807) is 6.20 Å². The minimum absolute atomic E-state index is 0.00193. The van der Waals surface area contributed by atoms with Crippen LogP contribution in [0.25, 0.3) is 22.3 Å². The Kier molecular flexibility index (Phi) is 2.79. The molecule has 0 atom stereocenters. The van der Waals surface area contributed by atoms with Gasteiger partial charge in [-0.15, -0.1) is 0 Å². The molecule has 0 saturated carbocycles. The zero-order chi connectivity index (χ0) is 13.2. The van der Waals surface area contributed by atoms with Gasteiger partial charge < -0.3 is 4.52 Å². The highest BCUT2D eigenvalue weighted by Gasteiger charge is 2.10. The molecule has 0 amide bonds. The lowest BCUT2D eigenvalue weighted by atomic mass is 10.1. The summed E-state index contributed by atoms with van der Waals surface area (Å²) in [4.78, 5) is 19.5. The van der Waals surface area contributed by atoms with Gasteiger partial charge in [-0.05, 0) is 31.2 Å². The second-order valence-corrected chi connectivity index (χ2v) is 4.30. The highest BCUT2D eigenvalue weighted by molar-refractivity contribution is 5.83. The summed E-state index contributed by atoms with van der Waals surface area (Å²) in [5, 5.41) is 4.90. The van der Waals surface area contributed by atoms with Crippen molar-refractivity contribution in [2.75, 3.05) is 0 Å². The normalized spacial score (nSPS) is 10.8. The van der Waals surface area contributed by atoms with Crippen LogP contribution in [-0.4, -0.2) is 20.9 Å². The van der Waals surface area contributed by atoms with Crippen LogP contribution in [0.15, 0.2) is 41.1 Å². The topological polar surface area (TPSA) is 68.9 Å². The monoisotopic (exact) mass is 253 g/mol. The van der Waals surface area contributed by atoms with Gasteiger partial charge in [0.1, 0.15) is 5.78 Å². The van der Waals surface area contributed by atoms with Gasteiger partial charge in [0, 0.05) is 17.1 Å². The van der Waals surface area contributed by atoms with E-state index in [9.17, 15) is 4.79 Å². The molecule has 2 heterocycles. The molecule has 0 aliphatic carbocycles. The summed E-state index contributed by atoms with van der Waals surface area (Å²) >= 11 is 0. The number of hydrogen-bond acceptors (Lipinski definition) is 5. The second kappa shape index (κ2) is 4.61. The smallest absolute Gasteiger partial charge is 0.234 e. The van der Waals surface area contributed by atoms with E-state index in [4.69, 9.17) is 4.52 Å². The molecule has 5 nitrogen and oxygen atoms in total. The summed E-state index contributed by atoms with van der Waals surface area (Å²) in [7, 11) is 0. The number of hydrogen-bond donors (Lipinski definition) is 0. The van der Waals surface area contributed by atoms with Crippen molar-refractivity contribution in [2.45, 2.75) is 13.3 Å². The molecule has 3 rings (SSSR count). The van der Waals surface area contributed by atoms with Crippen LogP contribution in [0.1, 0.15) is 12.8 Å². The van der Waals surface area contributed by atoms with Gasteiger partial charge in [-0.3, -0.25) is 9.78 Å². The van der Waals surface area contributed by atoms with E-state index in [1.807, 2.05) is 30.3 Å². The molecule has 5 heteroatoms. The Morgan fingerprint density at radius 1 is 1.32 bits per heavy atom. The van der Waals surface area contributed by atoms with E-state index in [0.717, 1.165) is 16.5 Å². The molecule has 0 unspecified atom stereocenters. The Morgan fingerprint density at radius 3 is 3.05 bits per heavy atom. The number of benzene rings is 1. The van der Waals surface area contributed by atoms with Gasteiger partial charge in [-0.2, -0.15) is 4.98 Å². The highest BCUT2D eigenvalue weighted by atomic mass is 16.5. The molecular weight excluding hydrogens is 242 g/mol. The molecule has 1 aromatic carbocycles. The van der Waals surface area contributed by atoms with Crippen LogP contribution in [-0.2, 0) is 11.2 Å². The van der Waals surface area contributed by atoms with Crippen LogP contribution in [0.4, 0.5) is 0 Å². The third kappa shape index (κ3) is 2.35. The van der Waals surface area contributed by atoms with Gasteiger partial charge in [-0.25, -0.2) is 0 Å². The Bertz CT molecular complexity index is 749. The number of aromatic nitrogens is 3. The number of pyridine rings is 1. The predicted molar refractivity (Wildman–Crippen MR) is 69.4 cm³/mol. The molecule has 0 fully saturated rings. The first-order valence-electron chi connectivity index (χ1n) is 5.89. The van der Waals surface area contributed by atoms with E-state index in [0.29, 0.717) is 11.7 Å². The Balaban J connectivity index is 1.99. The van der Waals surface area contributed by atoms with E-state index >= 15 is 0 Å². The minimum Gasteiger partial charge on any atom is -0.339 e. The maximum absolute atomic E-state index is 11.0. The first-order chi connectivity index (χ1) is 9.22. The van der Waals surface area contributed by atoms with Crippen LogP contribution in [0.3, 0.4) is 0 Å². The van der Waals surface area contributed by atoms with Crippen molar-refractivity contribution < 1.29 is 9.32 Å². The van der Waals surface area contributed by atoms with Gasteiger partial charge in [-0.1, -0.05) is 11.2 Å². The lowest BCUT2D eigenvalue weighted by Crippen LogP contribution is -1.96. The van der Waals surface area contributed by atoms with Crippen LogP contribution in [0, 0.1) is 0 Å². The number of carbonyl (C=O) groups excluding carboxylic acids is 1. The Hall–Kier alpha value is -2.56. The van der Waals surface area contributed by atoms with E-state index in [-0.39, 0.29) is 12.2 Å². The fraction of sp³-hybridized carbons (Fsp3) is 0.143. The average Bonchev–Trinajstić information content (AvgIpc) is 2.86. The Labute approximate surface area is 109 Å². The van der Waals surface area contributed by atoms with Crippen molar-refractivity contribution in [2.24, 2.45) is 0 Å². The molecule has 0 spiro atoms. The molecule has 19 heavy (non-hydrogen) atoms. The second-order valence-electron chi connectivity index (χ2n) is 4.30. The van der Waals surface area contributed by atoms with Gasteiger partial charge in [0.2, 0.25) is 11.7 Å². The quantitative estimate of drug-likeness (QED) is 0.717. The average molecular weight is 253 g/mol. The minimum atomic E-state index is -0.00193. The van der Waals surface area contributed by atoms with E-state index in [2.05, 4.69) is 15.1 Å². The van der Waals surface area contributed by atoms with Crippen molar-refractivity contribution in [3.8, 4) is 11.4 Å². The summed E-state index contributed by atoms with van der Waals surface area (Å²) in [5.41, 5.74) is 1.76. The van der Waals surface area contributed by atoms with Gasteiger partial charge in [0.15, 0.2) is 0 Å². The number of carbonyl (C=O) groups is 1. The third-order valence-corrected chi connectivity index (χ3v) is 2.73. The van der Waals surface area contributed by atoms with Crippen LogP contribution in [0.2, 0.25) is 0 Å². The van der Waals surface area contributed by atoms with Crippen molar-refractivity contribution in [1.82, 2.24) is 15.1 Å². The zero-order valence-electron chi connectivity index (χ0n) is 10.3. The number of Topliss-reactive ketones (excluding diaryl/α,β-unsaturated/α-hetero) is 1. The van der Waals surface area contributed by atoms with Gasteiger partial charge >= 0.3 is 0 Å². The lowest BCUT2D eigenvalue weighted by Gasteiger charge is -1.98. The number of rotatable bonds is 3. The maximum Gasteiger partial charge on any atom is 0.234 e. The fourth-order valence-corrected chi connectivity index (χ4v) is 1.87. The molecule has 0 radical (unpaired) electrons. The summed E-state index contributed by atoms with van der Waals surface area (Å²) in [6.07, 6.45) is 1.92. The highest BCUT2D eigenvalue weighted by Crippen LogP contribution is 2.21. The number of ketones is 1. The first-order valence-corrected chi connectivity index (χ1v) is 5.89. The SMILES string of the molecule is CC(=O)Cc1nc(-c2ccc3ncccc3c2)no1. The molecule has 3 aromatic rings. The Morgan fingerprint density at radius 2 is 2.21 bits per heavy atom. The molecule has 94 valence electrons. The molecule has 0 aliphatic heterocycles. The number of fused-ring (bicyclic) bond motifs is 1. The summed E-state index contributed by atoms with van der Waals surface area (Å²) in [6, 6.07) is 9.60. The van der Waals surface area contributed by atoms with E-state index < -0.39 is 0 Å². The fourth-order valence-electron chi connectivity index (χ4n) is 1.87. The number of nitrogens with zero attached hydrogens (tertiary/aromatic N) is 3. The third-order valence-electron chi connectivity index (χ3n) is 2.73. The van der Waals surface area contributed by atoms with Crippen molar-refractivity contribution in [3.63, 3.8) is 0 Å². The van der Waals surface area contributed by atoms with Gasteiger partial charge in [0.25, 0.3) is 0 Å². The van der Waals surface area contributed by atoms with Gasteiger partial charge in [0.05, 0.1) is 11.9 Å². The standard InChI is InChI=1S/C14H11N3O2/c1-9(18)7-13-16-14(17-19-13)11-4-5-12-10(8-11)3-2-6-15-12/h2-6,8H,7H2,1H3. The molecule has 0 N–H and O–H groups in total. The predicted octanol–water partition coefficient (Wildman–Crippen LogP) is 2.42. The van der Waals surface area contributed by atoms with E-state index in [1.165, 1.54) is 6.92 Å². The van der Waals surface area contributed by atoms with Crippen molar-refractivity contribution in [3.05, 3.63) is 42.4 Å². The molecular formula is C14H11N3O2. The van der Waals surface area contributed by atoms with Crippen LogP contribution in [0.5, 0.6) is 0 Å². The van der Waals surface area contributed by atoms with Crippen LogP contribution >= 0.6 is 0 Å². The molecule has 0 bridgehead atoms. The lowest BCUT2D eigenvalue weighted by molar-refractivity contribution is -0.116. The van der Waals surface area contributed by atoms with Crippen LogP contribution < -0.4 is 0 Å². The summed E-state index contributed by atoms with van der Waals surface area (Å²) in [6.45, 7) is 1.49. The zero-order valence-corrected chi connectivity index (χ0v) is 10.3. The molecule has 0 aliphatic rings. The molecule has 2 aromatic heterocycles. The van der Waals surface area contributed by atoms with Crippen molar-refractivity contribution in [1.29, 1.82) is 0 Å². The maximum atomic E-state index is 11.0. The van der Waals surface area contributed by atoms with Crippen molar-refractivity contribution >= 4 is 16.7 Å². The molecule has 0 saturated heterocycles. The summed E-state index contributed by atoms with van der Waals surface area (Å²) in [5.74, 6) is 0.827. The summed E-state index contributed by atoms with van der Waals surface area (Å²) < 4.78 is 5.04. The first kappa shape index (κ1) is 11.5. The largest absolute Gasteiger partial charge is 0.339 e.